The Bertz CT molecular complexity index is 592. The summed E-state index contributed by atoms with van der Waals surface area (Å²) in [4.78, 5) is 4.24. The molecule has 2 rings (SSSR count). The van der Waals surface area contributed by atoms with Gasteiger partial charge in [-0.3, -0.25) is 4.99 Å². The van der Waals surface area contributed by atoms with Gasteiger partial charge in [0.2, 0.25) is 0 Å². The molecule has 1 atom stereocenters. The number of methoxy groups -OCH3 is 2. The van der Waals surface area contributed by atoms with Crippen molar-refractivity contribution in [3.8, 4) is 11.5 Å². The van der Waals surface area contributed by atoms with E-state index in [1.165, 1.54) is 0 Å². The minimum Gasteiger partial charge on any atom is -0.493 e. The molecule has 1 saturated heterocycles. The predicted octanol–water partition coefficient (Wildman–Crippen LogP) is 2.33. The molecule has 146 valence electrons. The van der Waals surface area contributed by atoms with Gasteiger partial charge in [0.15, 0.2) is 17.5 Å². The third-order valence-corrected chi connectivity index (χ3v) is 4.62. The molecule has 7 nitrogen and oxygen atoms in total. The van der Waals surface area contributed by atoms with Crippen LogP contribution in [0.1, 0.15) is 18.4 Å². The summed E-state index contributed by atoms with van der Waals surface area (Å²) in [6.07, 6.45) is 2.17. The van der Waals surface area contributed by atoms with Crippen LogP contribution in [0.4, 0.5) is 0 Å². The summed E-state index contributed by atoms with van der Waals surface area (Å²) in [5.41, 5.74) is 1.06. The lowest BCUT2D eigenvalue weighted by Crippen LogP contribution is -2.37. The van der Waals surface area contributed by atoms with Gasteiger partial charge in [-0.15, -0.1) is 0 Å². The van der Waals surface area contributed by atoms with Crippen LogP contribution in [0.3, 0.4) is 0 Å². The third-order valence-electron chi connectivity index (χ3n) is 4.03. The Labute approximate surface area is 163 Å². The average molecular weight is 430 g/mol. The van der Waals surface area contributed by atoms with Crippen LogP contribution in [0.5, 0.6) is 11.5 Å². The van der Waals surface area contributed by atoms with E-state index < -0.39 is 0 Å². The second-order valence-electron chi connectivity index (χ2n) is 5.88. The van der Waals surface area contributed by atoms with E-state index in [0.29, 0.717) is 18.0 Å². The highest BCUT2D eigenvalue weighted by atomic mass is 79.9. The van der Waals surface area contributed by atoms with Crippen molar-refractivity contribution in [1.82, 2.24) is 10.6 Å². The van der Waals surface area contributed by atoms with Gasteiger partial charge in [-0.25, -0.2) is 0 Å². The van der Waals surface area contributed by atoms with E-state index in [0.717, 1.165) is 55.2 Å². The molecule has 1 aromatic rings. The van der Waals surface area contributed by atoms with Crippen molar-refractivity contribution in [2.75, 3.05) is 47.6 Å². The fraction of sp³-hybridized carbons (Fsp3) is 0.611. The topological polar surface area (TPSA) is 73.3 Å². The zero-order chi connectivity index (χ0) is 18.8. The number of nitrogens with one attached hydrogen (secondary N) is 2. The lowest BCUT2D eigenvalue weighted by atomic mass is 10.2. The first-order chi connectivity index (χ1) is 12.7. The Hall–Kier alpha value is -1.51. The molecule has 8 heteroatoms. The summed E-state index contributed by atoms with van der Waals surface area (Å²) in [5.74, 6) is 2.13. The van der Waals surface area contributed by atoms with Gasteiger partial charge in [0.25, 0.3) is 0 Å². The molecular formula is C18H28BrN3O4. The smallest absolute Gasteiger partial charge is 0.191 e. The fourth-order valence-electron chi connectivity index (χ4n) is 2.65. The van der Waals surface area contributed by atoms with Gasteiger partial charge in [0, 0.05) is 33.4 Å². The number of aliphatic imine (C=N–C) groups is 1. The van der Waals surface area contributed by atoms with Crippen LogP contribution >= 0.6 is 15.9 Å². The van der Waals surface area contributed by atoms with Crippen molar-refractivity contribution in [3.63, 3.8) is 0 Å². The minimum absolute atomic E-state index is 0.260. The Morgan fingerprint density at radius 2 is 2.15 bits per heavy atom. The van der Waals surface area contributed by atoms with Crippen molar-refractivity contribution in [2.24, 2.45) is 4.99 Å². The number of halogens is 1. The molecule has 0 radical (unpaired) electrons. The molecule has 26 heavy (non-hydrogen) atoms. The first kappa shape index (κ1) is 20.8. The molecule has 1 fully saturated rings. The number of guanidine groups is 1. The molecule has 1 unspecified atom stereocenters. The SMILES string of the molecule is CN=C(NCCCOC1CCOC1)NCc1cc(Br)c(OC)c(OC)c1. The largest absolute Gasteiger partial charge is 0.493 e. The zero-order valence-corrected chi connectivity index (χ0v) is 17.2. The Morgan fingerprint density at radius 3 is 2.81 bits per heavy atom. The minimum atomic E-state index is 0.260. The number of ether oxygens (including phenoxy) is 4. The summed E-state index contributed by atoms with van der Waals surface area (Å²) in [6, 6.07) is 3.94. The van der Waals surface area contributed by atoms with Crippen molar-refractivity contribution < 1.29 is 18.9 Å². The van der Waals surface area contributed by atoms with Gasteiger partial charge in [-0.2, -0.15) is 0 Å². The van der Waals surface area contributed by atoms with Crippen LogP contribution in [-0.2, 0) is 16.0 Å². The normalized spacial score (nSPS) is 17.2. The molecule has 0 bridgehead atoms. The lowest BCUT2D eigenvalue weighted by Gasteiger charge is -2.15. The fourth-order valence-corrected chi connectivity index (χ4v) is 3.30. The van der Waals surface area contributed by atoms with Crippen LogP contribution in [0.25, 0.3) is 0 Å². The van der Waals surface area contributed by atoms with Crippen molar-refractivity contribution in [2.45, 2.75) is 25.5 Å². The van der Waals surface area contributed by atoms with Gasteiger partial charge in [-0.1, -0.05) is 0 Å². The van der Waals surface area contributed by atoms with E-state index >= 15 is 0 Å². The Kier molecular flexibility index (Phi) is 9.00. The van der Waals surface area contributed by atoms with Gasteiger partial charge < -0.3 is 29.6 Å². The zero-order valence-electron chi connectivity index (χ0n) is 15.6. The quantitative estimate of drug-likeness (QED) is 0.356. The lowest BCUT2D eigenvalue weighted by molar-refractivity contribution is 0.0420. The highest BCUT2D eigenvalue weighted by Crippen LogP contribution is 2.36. The van der Waals surface area contributed by atoms with Crippen LogP contribution < -0.4 is 20.1 Å². The number of hydrogen-bond donors (Lipinski definition) is 2. The molecule has 0 spiro atoms. The predicted molar refractivity (Wildman–Crippen MR) is 105 cm³/mol. The molecule has 1 aliphatic rings. The monoisotopic (exact) mass is 429 g/mol. The van der Waals surface area contributed by atoms with Crippen LogP contribution in [0.15, 0.2) is 21.6 Å². The maximum atomic E-state index is 5.75. The number of rotatable bonds is 9. The first-order valence-corrected chi connectivity index (χ1v) is 9.51. The second-order valence-corrected chi connectivity index (χ2v) is 6.73. The maximum Gasteiger partial charge on any atom is 0.191 e. The van der Waals surface area contributed by atoms with E-state index in [-0.39, 0.29) is 6.10 Å². The van der Waals surface area contributed by atoms with E-state index in [1.807, 2.05) is 12.1 Å². The highest BCUT2D eigenvalue weighted by molar-refractivity contribution is 9.10. The summed E-state index contributed by atoms with van der Waals surface area (Å²) in [7, 11) is 5.00. The Morgan fingerprint density at radius 1 is 1.31 bits per heavy atom. The van der Waals surface area contributed by atoms with Crippen molar-refractivity contribution in [3.05, 3.63) is 22.2 Å². The first-order valence-electron chi connectivity index (χ1n) is 8.72. The van der Waals surface area contributed by atoms with E-state index in [4.69, 9.17) is 18.9 Å². The summed E-state index contributed by atoms with van der Waals surface area (Å²) >= 11 is 3.51. The number of hydrogen-bond acceptors (Lipinski definition) is 5. The van der Waals surface area contributed by atoms with Gasteiger partial charge >= 0.3 is 0 Å². The molecule has 0 aliphatic carbocycles. The summed E-state index contributed by atoms with van der Waals surface area (Å²) in [6.45, 7) is 3.67. The van der Waals surface area contributed by atoms with Crippen molar-refractivity contribution >= 4 is 21.9 Å². The van der Waals surface area contributed by atoms with Gasteiger partial charge in [-0.05, 0) is 46.5 Å². The van der Waals surface area contributed by atoms with E-state index in [9.17, 15) is 0 Å². The van der Waals surface area contributed by atoms with Gasteiger partial charge in [0.1, 0.15) is 0 Å². The molecule has 1 aliphatic heterocycles. The highest BCUT2D eigenvalue weighted by Gasteiger charge is 2.15. The number of benzene rings is 1. The molecule has 1 aromatic carbocycles. The van der Waals surface area contributed by atoms with Crippen LogP contribution in [-0.4, -0.2) is 59.7 Å². The van der Waals surface area contributed by atoms with Crippen LogP contribution in [0.2, 0.25) is 0 Å². The molecule has 0 saturated carbocycles. The molecule has 0 amide bonds. The molecule has 1 heterocycles. The van der Waals surface area contributed by atoms with Crippen LogP contribution in [0, 0.1) is 0 Å². The molecular weight excluding hydrogens is 402 g/mol. The van der Waals surface area contributed by atoms with Crippen molar-refractivity contribution in [1.29, 1.82) is 0 Å². The Balaban J connectivity index is 1.73. The number of nitrogens with zero attached hydrogens (tertiary/aromatic N) is 1. The standard InChI is InChI=1S/C18H28BrN3O4/c1-20-18(21-6-4-7-26-14-5-8-25-12-14)22-11-13-9-15(19)17(24-3)16(10-13)23-2/h9-10,14H,4-8,11-12H2,1-3H3,(H2,20,21,22). The third kappa shape index (κ3) is 6.34. The van der Waals surface area contributed by atoms with E-state index in [2.05, 4.69) is 31.6 Å². The molecule has 0 aromatic heterocycles. The summed E-state index contributed by atoms with van der Waals surface area (Å²) < 4.78 is 22.6. The summed E-state index contributed by atoms with van der Waals surface area (Å²) in [5, 5.41) is 6.59. The second kappa shape index (κ2) is 11.3. The van der Waals surface area contributed by atoms with E-state index in [1.54, 1.807) is 21.3 Å². The maximum absolute atomic E-state index is 5.75. The van der Waals surface area contributed by atoms with Gasteiger partial charge in [0.05, 0.1) is 31.4 Å². The molecule has 2 N–H and O–H groups in total. The average Bonchev–Trinajstić information content (AvgIpc) is 3.16.